The summed E-state index contributed by atoms with van der Waals surface area (Å²) >= 11 is 0. The van der Waals surface area contributed by atoms with Crippen molar-refractivity contribution in [1.29, 1.82) is 0 Å². The highest BCUT2D eigenvalue weighted by Crippen LogP contribution is 2.29. The molecule has 0 aliphatic carbocycles. The van der Waals surface area contributed by atoms with Gasteiger partial charge in [-0.25, -0.2) is 0 Å². The average molecular weight is 341 g/mol. The molecule has 0 amide bonds. The van der Waals surface area contributed by atoms with Crippen LogP contribution >= 0.6 is 0 Å². The fourth-order valence-electron chi connectivity index (χ4n) is 2.93. The molecule has 25 heavy (non-hydrogen) atoms. The molecule has 0 unspecified atom stereocenters. The molecule has 0 aliphatic heterocycles. The third-order valence-corrected chi connectivity index (χ3v) is 4.51. The van der Waals surface area contributed by atoms with Crippen LogP contribution in [0.5, 0.6) is 5.75 Å². The van der Waals surface area contributed by atoms with Gasteiger partial charge >= 0.3 is 0 Å². The van der Waals surface area contributed by atoms with E-state index in [1.54, 1.807) is 0 Å². The number of nitrogens with two attached hydrogens (primary N) is 2. The maximum Gasteiger partial charge on any atom is 0.142 e. The van der Waals surface area contributed by atoms with Crippen molar-refractivity contribution >= 4 is 11.4 Å². The van der Waals surface area contributed by atoms with E-state index < -0.39 is 0 Å². The Morgan fingerprint density at radius 1 is 0.720 bits per heavy atom. The number of unbranched alkanes of at least 4 members (excludes halogenated alkanes) is 7. The van der Waals surface area contributed by atoms with E-state index in [4.69, 9.17) is 16.2 Å². The van der Waals surface area contributed by atoms with Gasteiger partial charge in [0, 0.05) is 5.69 Å². The van der Waals surface area contributed by atoms with Gasteiger partial charge in [-0.05, 0) is 41.8 Å². The summed E-state index contributed by atoms with van der Waals surface area (Å²) in [5.41, 5.74) is 15.5. The highest BCUT2D eigenvalue weighted by molar-refractivity contribution is 5.70. The van der Waals surface area contributed by atoms with Crippen molar-refractivity contribution in [3.05, 3.63) is 42.5 Å². The zero-order valence-electron chi connectivity index (χ0n) is 15.5. The van der Waals surface area contributed by atoms with Crippen LogP contribution in [-0.2, 0) is 0 Å². The van der Waals surface area contributed by atoms with Crippen LogP contribution in [0.1, 0.15) is 58.3 Å². The maximum atomic E-state index is 6.06. The predicted molar refractivity (Wildman–Crippen MR) is 109 cm³/mol. The Morgan fingerprint density at radius 2 is 1.32 bits per heavy atom. The summed E-state index contributed by atoms with van der Waals surface area (Å²) in [5.74, 6) is 0.775. The quantitative estimate of drug-likeness (QED) is 0.387. The SMILES string of the molecule is CCCCCCCCCCOc1cc(-c2ccc(N)cc2)ccc1N. The zero-order chi connectivity index (χ0) is 17.9. The molecule has 0 fully saturated rings. The van der Waals surface area contributed by atoms with E-state index in [0.717, 1.165) is 35.6 Å². The second-order valence-corrected chi connectivity index (χ2v) is 6.70. The fraction of sp³-hybridized carbons (Fsp3) is 0.455. The lowest BCUT2D eigenvalue weighted by molar-refractivity contribution is 0.306. The van der Waals surface area contributed by atoms with E-state index in [2.05, 4.69) is 6.92 Å². The van der Waals surface area contributed by atoms with Crippen LogP contribution in [0.3, 0.4) is 0 Å². The zero-order valence-corrected chi connectivity index (χ0v) is 15.5. The van der Waals surface area contributed by atoms with E-state index in [1.165, 1.54) is 44.9 Å². The molecule has 0 saturated carbocycles. The first-order valence-electron chi connectivity index (χ1n) is 9.59. The smallest absolute Gasteiger partial charge is 0.142 e. The van der Waals surface area contributed by atoms with Crippen LogP contribution in [0.15, 0.2) is 42.5 Å². The van der Waals surface area contributed by atoms with Crippen molar-refractivity contribution in [2.45, 2.75) is 58.3 Å². The van der Waals surface area contributed by atoms with Crippen molar-refractivity contribution in [3.63, 3.8) is 0 Å². The number of anilines is 2. The van der Waals surface area contributed by atoms with Gasteiger partial charge in [0.05, 0.1) is 12.3 Å². The lowest BCUT2D eigenvalue weighted by Crippen LogP contribution is -2.00. The van der Waals surface area contributed by atoms with Crippen LogP contribution in [-0.4, -0.2) is 6.61 Å². The molecule has 2 aromatic carbocycles. The van der Waals surface area contributed by atoms with Gasteiger partial charge in [0.1, 0.15) is 5.75 Å². The molecule has 136 valence electrons. The molecule has 0 radical (unpaired) electrons. The molecule has 0 heterocycles. The van der Waals surface area contributed by atoms with Gasteiger partial charge in [0.25, 0.3) is 0 Å². The van der Waals surface area contributed by atoms with Gasteiger partial charge in [0.2, 0.25) is 0 Å². The molecule has 4 N–H and O–H groups in total. The normalized spacial score (nSPS) is 10.8. The van der Waals surface area contributed by atoms with Gasteiger partial charge in [0.15, 0.2) is 0 Å². The van der Waals surface area contributed by atoms with Gasteiger partial charge in [-0.3, -0.25) is 0 Å². The summed E-state index contributed by atoms with van der Waals surface area (Å²) in [6.45, 7) is 2.98. The molecule has 0 bridgehead atoms. The standard InChI is InChI=1S/C22H32N2O/c1-2-3-4-5-6-7-8-9-16-25-22-17-19(12-15-21(22)24)18-10-13-20(23)14-11-18/h10-15,17H,2-9,16,23-24H2,1H3. The second-order valence-electron chi connectivity index (χ2n) is 6.70. The van der Waals surface area contributed by atoms with Crippen molar-refractivity contribution in [2.75, 3.05) is 18.1 Å². The summed E-state index contributed by atoms with van der Waals surface area (Å²) in [7, 11) is 0. The Bertz CT molecular complexity index is 622. The van der Waals surface area contributed by atoms with Gasteiger partial charge in [-0.15, -0.1) is 0 Å². The van der Waals surface area contributed by atoms with Crippen LogP contribution in [0.2, 0.25) is 0 Å². The first-order chi connectivity index (χ1) is 12.2. The fourth-order valence-corrected chi connectivity index (χ4v) is 2.93. The van der Waals surface area contributed by atoms with Crippen molar-refractivity contribution in [2.24, 2.45) is 0 Å². The van der Waals surface area contributed by atoms with Crippen molar-refractivity contribution in [3.8, 4) is 16.9 Å². The largest absolute Gasteiger partial charge is 0.491 e. The number of rotatable bonds is 11. The van der Waals surface area contributed by atoms with E-state index in [1.807, 2.05) is 42.5 Å². The Kier molecular flexibility index (Phi) is 8.17. The van der Waals surface area contributed by atoms with Crippen molar-refractivity contribution < 1.29 is 4.74 Å². The summed E-state index contributed by atoms with van der Waals surface area (Å²) in [4.78, 5) is 0. The summed E-state index contributed by atoms with van der Waals surface area (Å²) in [5, 5.41) is 0. The van der Waals surface area contributed by atoms with E-state index >= 15 is 0 Å². The molecule has 3 nitrogen and oxygen atoms in total. The van der Waals surface area contributed by atoms with Gasteiger partial charge in [-0.2, -0.15) is 0 Å². The van der Waals surface area contributed by atoms with Crippen LogP contribution < -0.4 is 16.2 Å². The molecule has 2 rings (SSSR count). The summed E-state index contributed by atoms with van der Waals surface area (Å²) < 4.78 is 5.92. The Morgan fingerprint density at radius 3 is 2.00 bits per heavy atom. The minimum Gasteiger partial charge on any atom is -0.491 e. The van der Waals surface area contributed by atoms with Gasteiger partial charge < -0.3 is 16.2 Å². The lowest BCUT2D eigenvalue weighted by Gasteiger charge is -2.11. The Balaban J connectivity index is 1.76. The molecule has 0 aliphatic rings. The van der Waals surface area contributed by atoms with Gasteiger partial charge in [-0.1, -0.05) is 70.1 Å². The van der Waals surface area contributed by atoms with Crippen LogP contribution in [0.25, 0.3) is 11.1 Å². The number of benzene rings is 2. The highest BCUT2D eigenvalue weighted by atomic mass is 16.5. The van der Waals surface area contributed by atoms with E-state index in [0.29, 0.717) is 5.69 Å². The Labute approximate surface area is 152 Å². The molecule has 0 aromatic heterocycles. The minimum absolute atomic E-state index is 0.693. The van der Waals surface area contributed by atoms with Crippen molar-refractivity contribution in [1.82, 2.24) is 0 Å². The molecule has 0 saturated heterocycles. The Hall–Kier alpha value is -2.16. The van der Waals surface area contributed by atoms with E-state index in [9.17, 15) is 0 Å². The van der Waals surface area contributed by atoms with Crippen LogP contribution in [0.4, 0.5) is 11.4 Å². The molecule has 2 aromatic rings. The first kappa shape index (κ1) is 19.2. The minimum atomic E-state index is 0.693. The molecular formula is C22H32N2O. The first-order valence-corrected chi connectivity index (χ1v) is 9.59. The molecule has 0 atom stereocenters. The topological polar surface area (TPSA) is 61.3 Å². The maximum absolute atomic E-state index is 6.06. The third-order valence-electron chi connectivity index (χ3n) is 4.51. The number of nitrogen functional groups attached to an aromatic ring is 2. The lowest BCUT2D eigenvalue weighted by atomic mass is 10.0. The molecular weight excluding hydrogens is 308 g/mol. The van der Waals surface area contributed by atoms with Crippen LogP contribution in [0, 0.1) is 0 Å². The third kappa shape index (κ3) is 6.69. The van der Waals surface area contributed by atoms with E-state index in [-0.39, 0.29) is 0 Å². The predicted octanol–water partition coefficient (Wildman–Crippen LogP) is 6.04. The number of hydrogen-bond acceptors (Lipinski definition) is 3. The number of ether oxygens (including phenoxy) is 1. The monoisotopic (exact) mass is 340 g/mol. The second kappa shape index (κ2) is 10.7. The summed E-state index contributed by atoms with van der Waals surface area (Å²) in [6.07, 6.45) is 10.4. The number of hydrogen-bond donors (Lipinski definition) is 2. The highest BCUT2D eigenvalue weighted by Gasteiger charge is 2.05. The molecule has 0 spiro atoms. The average Bonchev–Trinajstić information content (AvgIpc) is 2.62. The summed E-state index contributed by atoms with van der Waals surface area (Å²) in [6, 6.07) is 13.8. The molecule has 3 heteroatoms.